The minimum atomic E-state index is -0.637. The number of nitriles is 2. The number of benzene rings is 2. The molecular weight excluding hydrogens is 266 g/mol. The molecule has 19 heavy (non-hydrogen) atoms. The summed E-state index contributed by atoms with van der Waals surface area (Å²) in [7, 11) is 0. The van der Waals surface area contributed by atoms with E-state index < -0.39 is 11.6 Å². The summed E-state index contributed by atoms with van der Waals surface area (Å²) in [6.07, 6.45) is 0. The van der Waals surface area contributed by atoms with Gasteiger partial charge in [0.1, 0.15) is 34.9 Å². The van der Waals surface area contributed by atoms with Crippen molar-refractivity contribution < 1.29 is 8.78 Å². The van der Waals surface area contributed by atoms with Crippen molar-refractivity contribution in [3.8, 4) is 12.1 Å². The molecule has 0 aliphatic carbocycles. The molecule has 0 heterocycles. The molecule has 0 atom stereocenters. The largest absolute Gasteiger partial charge is 0.206 e. The summed E-state index contributed by atoms with van der Waals surface area (Å²) >= 11 is 0.993. The predicted octanol–water partition coefficient (Wildman–Crippen LogP) is 3.86. The fourth-order valence-corrected chi connectivity index (χ4v) is 2.53. The summed E-state index contributed by atoms with van der Waals surface area (Å²) in [6.45, 7) is 0. The normalized spacial score (nSPS) is 9.68. The van der Waals surface area contributed by atoms with Gasteiger partial charge in [0.2, 0.25) is 0 Å². The molecule has 0 aromatic heterocycles. The first-order valence-corrected chi connectivity index (χ1v) is 6.04. The Labute approximate surface area is 112 Å². The lowest BCUT2D eigenvalue weighted by molar-refractivity contribution is 0.619. The lowest BCUT2D eigenvalue weighted by Gasteiger charge is -2.06. The topological polar surface area (TPSA) is 47.6 Å². The van der Waals surface area contributed by atoms with Crippen LogP contribution in [0.15, 0.2) is 46.2 Å². The average Bonchev–Trinajstić information content (AvgIpc) is 2.39. The molecule has 0 saturated heterocycles. The molecule has 2 aromatic rings. The van der Waals surface area contributed by atoms with Gasteiger partial charge in [-0.2, -0.15) is 10.5 Å². The highest BCUT2D eigenvalue weighted by Gasteiger charge is 2.13. The van der Waals surface area contributed by atoms with Crippen LogP contribution in [0.4, 0.5) is 8.78 Å². The summed E-state index contributed by atoms with van der Waals surface area (Å²) in [4.78, 5) is 0.703. The second kappa shape index (κ2) is 5.51. The molecule has 0 bridgehead atoms. The first-order chi connectivity index (χ1) is 9.17. The first kappa shape index (κ1) is 13.1. The highest BCUT2D eigenvalue weighted by molar-refractivity contribution is 7.99. The monoisotopic (exact) mass is 272 g/mol. The van der Waals surface area contributed by atoms with Crippen molar-refractivity contribution >= 4 is 11.8 Å². The molecule has 2 aromatic carbocycles. The van der Waals surface area contributed by atoms with Gasteiger partial charge in [0.15, 0.2) is 0 Å². The molecule has 0 unspecified atom stereocenters. The van der Waals surface area contributed by atoms with Gasteiger partial charge in [0, 0.05) is 9.79 Å². The van der Waals surface area contributed by atoms with E-state index in [0.717, 1.165) is 11.8 Å². The molecule has 0 aliphatic heterocycles. The van der Waals surface area contributed by atoms with Crippen LogP contribution in [0.5, 0.6) is 0 Å². The minimum absolute atomic E-state index is 0.111. The Bertz CT molecular complexity index is 653. The molecule has 0 amide bonds. The van der Waals surface area contributed by atoms with Gasteiger partial charge in [-0.3, -0.25) is 0 Å². The Balaban J connectivity index is 2.50. The van der Waals surface area contributed by atoms with Crippen LogP contribution in [0.25, 0.3) is 0 Å². The van der Waals surface area contributed by atoms with Gasteiger partial charge in [0.25, 0.3) is 0 Å². The molecule has 2 nitrogen and oxygen atoms in total. The third-order valence-electron chi connectivity index (χ3n) is 2.39. The summed E-state index contributed by atoms with van der Waals surface area (Å²) in [5.74, 6) is -1.27. The van der Waals surface area contributed by atoms with E-state index >= 15 is 0 Å². The van der Waals surface area contributed by atoms with Gasteiger partial charge in [-0.15, -0.1) is 0 Å². The van der Waals surface area contributed by atoms with Crippen molar-refractivity contribution in [3.63, 3.8) is 0 Å². The molecular formula is C14H6F2N2S. The van der Waals surface area contributed by atoms with E-state index in [9.17, 15) is 8.78 Å². The smallest absolute Gasteiger partial charge is 0.142 e. The first-order valence-electron chi connectivity index (χ1n) is 5.22. The van der Waals surface area contributed by atoms with Crippen LogP contribution in [0.2, 0.25) is 0 Å². The van der Waals surface area contributed by atoms with Crippen molar-refractivity contribution in [3.05, 3.63) is 59.2 Å². The second-order valence-electron chi connectivity index (χ2n) is 3.55. The second-order valence-corrected chi connectivity index (χ2v) is 4.64. The molecule has 92 valence electrons. The summed E-state index contributed by atoms with van der Waals surface area (Å²) in [6, 6.07) is 11.9. The highest BCUT2D eigenvalue weighted by atomic mass is 32.2. The van der Waals surface area contributed by atoms with Crippen molar-refractivity contribution in [1.29, 1.82) is 10.5 Å². The molecule has 0 fully saturated rings. The number of halogens is 2. The number of nitrogens with zero attached hydrogens (tertiary/aromatic N) is 2. The molecule has 0 spiro atoms. The van der Waals surface area contributed by atoms with Crippen molar-refractivity contribution in [2.45, 2.75) is 9.79 Å². The van der Waals surface area contributed by atoms with Gasteiger partial charge >= 0.3 is 0 Å². The van der Waals surface area contributed by atoms with Crippen LogP contribution in [0, 0.1) is 34.3 Å². The Morgan fingerprint density at radius 1 is 0.789 bits per heavy atom. The van der Waals surface area contributed by atoms with Gasteiger partial charge in [-0.1, -0.05) is 23.9 Å². The van der Waals surface area contributed by atoms with Crippen molar-refractivity contribution in [1.82, 2.24) is 0 Å². The van der Waals surface area contributed by atoms with E-state index in [2.05, 4.69) is 0 Å². The van der Waals surface area contributed by atoms with E-state index in [1.165, 1.54) is 24.3 Å². The lowest BCUT2D eigenvalue weighted by Crippen LogP contribution is -1.90. The maximum absolute atomic E-state index is 13.4. The molecule has 2 rings (SSSR count). The van der Waals surface area contributed by atoms with E-state index in [4.69, 9.17) is 10.5 Å². The number of hydrogen-bond donors (Lipinski definition) is 0. The van der Waals surface area contributed by atoms with Crippen LogP contribution in [-0.2, 0) is 0 Å². The third kappa shape index (κ3) is 2.57. The van der Waals surface area contributed by atoms with Gasteiger partial charge in [-0.05, 0) is 24.3 Å². The van der Waals surface area contributed by atoms with Crippen molar-refractivity contribution in [2.24, 2.45) is 0 Å². The van der Waals surface area contributed by atoms with Crippen LogP contribution in [0.1, 0.15) is 11.1 Å². The van der Waals surface area contributed by atoms with Crippen LogP contribution in [-0.4, -0.2) is 0 Å². The number of rotatable bonds is 2. The Hall–Kier alpha value is -2.37. The molecule has 5 heteroatoms. The van der Waals surface area contributed by atoms with Gasteiger partial charge in [-0.25, -0.2) is 8.78 Å². The summed E-state index contributed by atoms with van der Waals surface area (Å²) in [5, 5.41) is 17.8. The average molecular weight is 272 g/mol. The predicted molar refractivity (Wildman–Crippen MR) is 66.4 cm³/mol. The Morgan fingerprint density at radius 2 is 1.21 bits per heavy atom. The SMILES string of the molecule is N#Cc1c(F)cccc1Sc1cccc(F)c1C#N. The zero-order valence-corrected chi connectivity index (χ0v) is 10.3. The maximum atomic E-state index is 13.4. The molecule has 0 aliphatic rings. The maximum Gasteiger partial charge on any atom is 0.142 e. The highest BCUT2D eigenvalue weighted by Crippen LogP contribution is 2.34. The Kier molecular flexibility index (Phi) is 3.79. The zero-order chi connectivity index (χ0) is 13.8. The van der Waals surface area contributed by atoms with Crippen LogP contribution in [0.3, 0.4) is 0 Å². The number of hydrogen-bond acceptors (Lipinski definition) is 3. The summed E-state index contributed by atoms with van der Waals surface area (Å²) in [5.41, 5.74) is -0.221. The molecule has 0 saturated carbocycles. The minimum Gasteiger partial charge on any atom is -0.206 e. The van der Waals surface area contributed by atoms with E-state index in [1.807, 2.05) is 0 Å². The van der Waals surface area contributed by atoms with Gasteiger partial charge in [0.05, 0.1) is 0 Å². The van der Waals surface area contributed by atoms with Gasteiger partial charge < -0.3 is 0 Å². The summed E-state index contributed by atoms with van der Waals surface area (Å²) < 4.78 is 26.9. The lowest BCUT2D eigenvalue weighted by atomic mass is 10.2. The zero-order valence-electron chi connectivity index (χ0n) is 9.52. The van der Waals surface area contributed by atoms with E-state index in [-0.39, 0.29) is 11.1 Å². The fourth-order valence-electron chi connectivity index (χ4n) is 1.51. The van der Waals surface area contributed by atoms with Crippen LogP contribution < -0.4 is 0 Å². The Morgan fingerprint density at radius 3 is 1.58 bits per heavy atom. The molecule has 0 radical (unpaired) electrons. The quantitative estimate of drug-likeness (QED) is 0.834. The van der Waals surface area contributed by atoms with E-state index in [1.54, 1.807) is 24.3 Å². The van der Waals surface area contributed by atoms with Crippen molar-refractivity contribution in [2.75, 3.05) is 0 Å². The van der Waals surface area contributed by atoms with E-state index in [0.29, 0.717) is 9.79 Å². The standard InChI is InChI=1S/C14H6F2N2S/c15-11-3-1-5-13(9(11)7-17)19-14-6-2-4-12(16)10(14)8-18/h1-6H. The molecule has 0 N–H and O–H groups in total. The van der Waals surface area contributed by atoms with Crippen LogP contribution >= 0.6 is 11.8 Å². The third-order valence-corrected chi connectivity index (χ3v) is 3.51. The fraction of sp³-hybridized carbons (Fsp3) is 0.